The summed E-state index contributed by atoms with van der Waals surface area (Å²) in [5.41, 5.74) is 13.7. The molecule has 2 rings (SSSR count). The second-order valence-corrected chi connectivity index (χ2v) is 6.68. The number of nitrogens with two attached hydrogens (primary N) is 1. The molecule has 3 N–H and O–H groups in total. The third kappa shape index (κ3) is 4.37. The van der Waals surface area contributed by atoms with Gasteiger partial charge in [0.25, 0.3) is 0 Å². The largest absolute Gasteiger partial charge is 0.466 e. The van der Waals surface area contributed by atoms with Gasteiger partial charge in [0.05, 0.1) is 24.4 Å². The van der Waals surface area contributed by atoms with E-state index in [0.29, 0.717) is 13.0 Å². The monoisotopic (exact) mass is 354 g/mol. The van der Waals surface area contributed by atoms with Crippen LogP contribution in [0.1, 0.15) is 54.0 Å². The van der Waals surface area contributed by atoms with Crippen molar-refractivity contribution in [2.75, 3.05) is 24.2 Å². The van der Waals surface area contributed by atoms with Gasteiger partial charge in [-0.1, -0.05) is 24.3 Å². The Morgan fingerprint density at radius 2 is 1.85 bits per heavy atom. The van der Waals surface area contributed by atoms with E-state index in [1.165, 1.54) is 11.1 Å². The van der Waals surface area contributed by atoms with Gasteiger partial charge in [0.15, 0.2) is 0 Å². The molecule has 0 saturated carbocycles. The highest BCUT2D eigenvalue weighted by Crippen LogP contribution is 2.36. The predicted octanol–water partition coefficient (Wildman–Crippen LogP) is 4.71. The van der Waals surface area contributed by atoms with Gasteiger partial charge in [0, 0.05) is 12.5 Å². The van der Waals surface area contributed by atoms with Crippen molar-refractivity contribution >= 4 is 17.3 Å². The van der Waals surface area contributed by atoms with E-state index in [1.807, 2.05) is 26.8 Å². The minimum atomic E-state index is -0.190. The summed E-state index contributed by atoms with van der Waals surface area (Å²) >= 11 is 0. The summed E-state index contributed by atoms with van der Waals surface area (Å²) in [7, 11) is 0. The molecule has 0 aliphatic heterocycles. The first kappa shape index (κ1) is 19.8. The van der Waals surface area contributed by atoms with E-state index in [9.17, 15) is 4.79 Å². The Kier molecular flexibility index (Phi) is 6.67. The van der Waals surface area contributed by atoms with Crippen LogP contribution in [0.4, 0.5) is 11.4 Å². The molecule has 1 atom stereocenters. The average Bonchev–Trinajstić information content (AvgIpc) is 2.60. The smallest absolute Gasteiger partial charge is 0.306 e. The SMILES string of the molecule is CCNc1ccc(C(CC(=O)OCC)c2ccc(C)c(C)c2)c(C)c1N. The summed E-state index contributed by atoms with van der Waals surface area (Å²) in [6.07, 6.45) is 0.303. The van der Waals surface area contributed by atoms with E-state index in [-0.39, 0.29) is 11.9 Å². The zero-order chi connectivity index (χ0) is 19.3. The van der Waals surface area contributed by atoms with Crippen molar-refractivity contribution < 1.29 is 9.53 Å². The molecular formula is C22H30N2O2. The van der Waals surface area contributed by atoms with Crippen LogP contribution in [0.2, 0.25) is 0 Å². The number of aryl methyl sites for hydroxylation is 2. The summed E-state index contributed by atoms with van der Waals surface area (Å²) in [5.74, 6) is -0.268. The second kappa shape index (κ2) is 8.75. The molecule has 2 aromatic carbocycles. The number of hydrogen-bond donors (Lipinski definition) is 2. The second-order valence-electron chi connectivity index (χ2n) is 6.68. The molecule has 0 aromatic heterocycles. The summed E-state index contributed by atoms with van der Waals surface area (Å²) in [4.78, 5) is 12.3. The first-order chi connectivity index (χ1) is 12.4. The summed E-state index contributed by atoms with van der Waals surface area (Å²) < 4.78 is 5.22. The highest BCUT2D eigenvalue weighted by atomic mass is 16.5. The Labute approximate surface area is 156 Å². The van der Waals surface area contributed by atoms with Gasteiger partial charge >= 0.3 is 5.97 Å². The number of nitrogens with one attached hydrogen (secondary N) is 1. The molecule has 0 fully saturated rings. The number of anilines is 2. The fraction of sp³-hybridized carbons (Fsp3) is 0.409. The lowest BCUT2D eigenvalue weighted by atomic mass is 9.84. The Balaban J connectivity index is 2.51. The van der Waals surface area contributed by atoms with Crippen LogP contribution in [0.5, 0.6) is 0 Å². The van der Waals surface area contributed by atoms with Gasteiger partial charge in [-0.25, -0.2) is 0 Å². The van der Waals surface area contributed by atoms with Crippen LogP contribution in [0, 0.1) is 20.8 Å². The number of benzene rings is 2. The molecule has 0 radical (unpaired) electrons. The van der Waals surface area contributed by atoms with Crippen molar-refractivity contribution in [3.63, 3.8) is 0 Å². The maximum atomic E-state index is 12.3. The third-order valence-corrected chi connectivity index (χ3v) is 4.91. The molecule has 26 heavy (non-hydrogen) atoms. The lowest BCUT2D eigenvalue weighted by molar-refractivity contribution is -0.143. The number of rotatable bonds is 7. The van der Waals surface area contributed by atoms with Crippen LogP contribution in [0.3, 0.4) is 0 Å². The lowest BCUT2D eigenvalue weighted by Crippen LogP contribution is -2.14. The van der Waals surface area contributed by atoms with Crippen LogP contribution >= 0.6 is 0 Å². The van der Waals surface area contributed by atoms with Gasteiger partial charge in [0.1, 0.15) is 0 Å². The van der Waals surface area contributed by atoms with E-state index < -0.39 is 0 Å². The molecule has 4 nitrogen and oxygen atoms in total. The zero-order valence-corrected chi connectivity index (χ0v) is 16.5. The molecular weight excluding hydrogens is 324 g/mol. The third-order valence-electron chi connectivity index (χ3n) is 4.91. The maximum absolute atomic E-state index is 12.3. The summed E-state index contributed by atoms with van der Waals surface area (Å²) in [6, 6.07) is 10.4. The number of carbonyl (C=O) groups is 1. The van der Waals surface area contributed by atoms with Crippen molar-refractivity contribution in [2.24, 2.45) is 0 Å². The summed E-state index contributed by atoms with van der Waals surface area (Å²) in [5, 5.41) is 3.28. The van der Waals surface area contributed by atoms with Crippen molar-refractivity contribution in [1.29, 1.82) is 0 Å². The van der Waals surface area contributed by atoms with Crippen LogP contribution in [0.25, 0.3) is 0 Å². The highest BCUT2D eigenvalue weighted by Gasteiger charge is 2.22. The van der Waals surface area contributed by atoms with Crippen LogP contribution < -0.4 is 11.1 Å². The van der Waals surface area contributed by atoms with Gasteiger partial charge in [-0.3, -0.25) is 4.79 Å². The van der Waals surface area contributed by atoms with Gasteiger partial charge in [0.2, 0.25) is 0 Å². The molecule has 0 bridgehead atoms. The van der Waals surface area contributed by atoms with E-state index in [0.717, 1.165) is 34.6 Å². The number of ether oxygens (including phenoxy) is 1. The molecule has 0 aliphatic carbocycles. The van der Waals surface area contributed by atoms with Crippen LogP contribution in [0.15, 0.2) is 30.3 Å². The van der Waals surface area contributed by atoms with Crippen molar-refractivity contribution in [3.8, 4) is 0 Å². The molecule has 0 heterocycles. The predicted molar refractivity (Wildman–Crippen MR) is 109 cm³/mol. The van der Waals surface area contributed by atoms with Crippen LogP contribution in [-0.2, 0) is 9.53 Å². The van der Waals surface area contributed by atoms with E-state index >= 15 is 0 Å². The quantitative estimate of drug-likeness (QED) is 0.558. The Hall–Kier alpha value is -2.49. The zero-order valence-electron chi connectivity index (χ0n) is 16.5. The van der Waals surface area contributed by atoms with Crippen molar-refractivity contribution in [3.05, 3.63) is 58.1 Å². The molecule has 0 spiro atoms. The Morgan fingerprint density at radius 1 is 1.12 bits per heavy atom. The maximum Gasteiger partial charge on any atom is 0.306 e. The lowest BCUT2D eigenvalue weighted by Gasteiger charge is -2.22. The first-order valence-electron chi connectivity index (χ1n) is 9.24. The van der Waals surface area contributed by atoms with Gasteiger partial charge in [-0.05, 0) is 68.5 Å². The van der Waals surface area contributed by atoms with Gasteiger partial charge < -0.3 is 15.8 Å². The normalized spacial score (nSPS) is 11.9. The average molecular weight is 354 g/mol. The number of nitrogen functional groups attached to an aromatic ring is 1. The molecule has 0 aliphatic rings. The van der Waals surface area contributed by atoms with Gasteiger partial charge in [-0.15, -0.1) is 0 Å². The molecule has 1 unspecified atom stereocenters. The summed E-state index contributed by atoms with van der Waals surface area (Å²) in [6.45, 7) is 11.3. The number of esters is 1. The van der Waals surface area contributed by atoms with E-state index in [4.69, 9.17) is 10.5 Å². The molecule has 2 aromatic rings. The number of carbonyl (C=O) groups excluding carboxylic acids is 1. The Morgan fingerprint density at radius 3 is 2.46 bits per heavy atom. The van der Waals surface area contributed by atoms with Gasteiger partial charge in [-0.2, -0.15) is 0 Å². The fourth-order valence-electron chi connectivity index (χ4n) is 3.24. The number of hydrogen-bond acceptors (Lipinski definition) is 4. The minimum absolute atomic E-state index is 0.0775. The van der Waals surface area contributed by atoms with Crippen LogP contribution in [-0.4, -0.2) is 19.1 Å². The molecule has 0 amide bonds. The fourth-order valence-corrected chi connectivity index (χ4v) is 3.24. The Bertz CT molecular complexity index is 784. The minimum Gasteiger partial charge on any atom is -0.466 e. The molecule has 0 saturated heterocycles. The standard InChI is InChI=1S/C22H30N2O2/c1-6-24-20-11-10-18(16(5)22(20)23)19(13-21(25)26-7-2)17-9-8-14(3)15(4)12-17/h8-12,19,24H,6-7,13,23H2,1-5H3. The van der Waals surface area contributed by atoms with E-state index in [1.54, 1.807) is 0 Å². The van der Waals surface area contributed by atoms with E-state index in [2.05, 4.69) is 43.4 Å². The van der Waals surface area contributed by atoms with Crippen molar-refractivity contribution in [2.45, 2.75) is 47.0 Å². The highest BCUT2D eigenvalue weighted by molar-refractivity contribution is 5.75. The molecule has 140 valence electrons. The topological polar surface area (TPSA) is 64.3 Å². The molecule has 4 heteroatoms. The first-order valence-corrected chi connectivity index (χ1v) is 9.24. The van der Waals surface area contributed by atoms with Crippen molar-refractivity contribution in [1.82, 2.24) is 0 Å².